The van der Waals surface area contributed by atoms with Gasteiger partial charge in [0, 0.05) is 15.6 Å². The Morgan fingerprint density at radius 2 is 1.61 bits per heavy atom. The molecule has 2 aliphatic rings. The first kappa shape index (κ1) is 29.9. The molecule has 4 aromatic carbocycles. The second-order valence-corrected chi connectivity index (χ2v) is 14.4. The molecule has 0 saturated heterocycles. The average Bonchev–Trinajstić information content (AvgIpc) is 3.39. The van der Waals surface area contributed by atoms with Crippen molar-refractivity contribution >= 4 is 54.7 Å². The number of nitrogens with one attached hydrogen (secondary N) is 1. The van der Waals surface area contributed by atoms with Gasteiger partial charge in [0.1, 0.15) is 5.75 Å². The minimum Gasteiger partial charge on any atom is -0.496 e. The molecule has 0 unspecified atom stereocenters. The lowest BCUT2D eigenvalue weighted by Crippen LogP contribution is -2.48. The van der Waals surface area contributed by atoms with Gasteiger partial charge in [-0.3, -0.25) is 4.79 Å². The van der Waals surface area contributed by atoms with Gasteiger partial charge in [-0.15, -0.1) is 0 Å². The summed E-state index contributed by atoms with van der Waals surface area (Å²) in [4.78, 5) is 20.8. The molecule has 11 heteroatoms. The Kier molecular flexibility index (Phi) is 7.32. The monoisotopic (exact) mass is 695 g/mol. The smallest absolute Gasteiger partial charge is 0.291 e. The van der Waals surface area contributed by atoms with E-state index in [9.17, 15) is 13.2 Å². The largest absolute Gasteiger partial charge is 0.496 e. The predicted molar refractivity (Wildman–Crippen MR) is 181 cm³/mol. The molecule has 0 radical (unpaired) electrons. The van der Waals surface area contributed by atoms with Crippen molar-refractivity contribution in [3.8, 4) is 11.4 Å². The fourth-order valence-corrected chi connectivity index (χ4v) is 7.71. The highest BCUT2D eigenvalue weighted by atomic mass is 79.9. The van der Waals surface area contributed by atoms with Gasteiger partial charge in [-0.25, -0.2) is 18.1 Å². The lowest BCUT2D eigenvalue weighted by molar-refractivity contribution is -0.110. The van der Waals surface area contributed by atoms with Crippen molar-refractivity contribution in [2.75, 3.05) is 17.3 Å². The molecule has 1 amide bonds. The molecule has 0 fully saturated rings. The molecule has 46 heavy (non-hydrogen) atoms. The second kappa shape index (κ2) is 11.3. The number of nitrogens with zero attached hydrogens (tertiary/aromatic N) is 4. The maximum absolute atomic E-state index is 13.6. The Bertz CT molecular complexity index is 2160. The summed E-state index contributed by atoms with van der Waals surface area (Å²) in [5.41, 5.74) is 5.47. The van der Waals surface area contributed by atoms with Gasteiger partial charge in [0.25, 0.3) is 5.91 Å². The number of amidine groups is 1. The van der Waals surface area contributed by atoms with Crippen molar-refractivity contribution < 1.29 is 17.9 Å². The van der Waals surface area contributed by atoms with Crippen LogP contribution in [0.2, 0.25) is 0 Å². The Morgan fingerprint density at radius 1 is 0.935 bits per heavy atom. The summed E-state index contributed by atoms with van der Waals surface area (Å²) in [5, 5.41) is 7.85. The summed E-state index contributed by atoms with van der Waals surface area (Å²) in [6.07, 6.45) is 0. The number of aryl methyl sites for hydroxylation is 1. The van der Waals surface area contributed by atoms with Crippen LogP contribution in [0.25, 0.3) is 5.69 Å². The zero-order valence-corrected chi connectivity index (χ0v) is 27.9. The van der Waals surface area contributed by atoms with Crippen LogP contribution in [-0.2, 0) is 14.6 Å². The first-order valence-electron chi connectivity index (χ1n) is 14.7. The molecule has 7 rings (SSSR count). The summed E-state index contributed by atoms with van der Waals surface area (Å²) in [7, 11) is -2.12. The number of para-hydroxylation sites is 2. The molecule has 1 atom stereocenters. The van der Waals surface area contributed by atoms with Crippen LogP contribution in [0.1, 0.15) is 48.2 Å². The number of rotatable bonds is 6. The van der Waals surface area contributed by atoms with Crippen LogP contribution < -0.4 is 15.0 Å². The van der Waals surface area contributed by atoms with Gasteiger partial charge >= 0.3 is 0 Å². The first-order chi connectivity index (χ1) is 22.1. The van der Waals surface area contributed by atoms with Crippen molar-refractivity contribution in [2.45, 2.75) is 42.5 Å². The van der Waals surface area contributed by atoms with Crippen LogP contribution in [-0.4, -0.2) is 37.1 Å². The maximum Gasteiger partial charge on any atom is 0.291 e. The molecule has 232 valence electrons. The molecule has 3 heterocycles. The zero-order chi connectivity index (χ0) is 32.3. The SMILES string of the molecule is COc1ccc(Br)cc1[C@@H]1c2c(C)nn(-c3ccc(S(=O)(=O)c4ccc(C(C)C)cc4)cc3)c2N=C2C(=O)Nc3ccccc3N21. The summed E-state index contributed by atoms with van der Waals surface area (Å²) in [6, 6.07) is 26.4. The molecule has 0 bridgehead atoms. The maximum atomic E-state index is 13.6. The lowest BCUT2D eigenvalue weighted by Gasteiger charge is -2.40. The van der Waals surface area contributed by atoms with E-state index in [4.69, 9.17) is 14.8 Å². The standard InChI is InChI=1S/C35H30BrN5O4S/c1-20(2)22-9-14-25(15-10-22)46(43,44)26-16-12-24(13-17-26)41-33-31(21(3)39-41)32(27-19-23(36)11-18-30(27)45-4)40-29-8-6-5-7-28(29)37-35(42)34(40)38-33/h5-20,32H,1-4H3,(H,37,42)/t32-/m1/s1. The summed E-state index contributed by atoms with van der Waals surface area (Å²) in [6.45, 7) is 6.04. The highest BCUT2D eigenvalue weighted by Gasteiger charge is 2.43. The quantitative estimate of drug-likeness (QED) is 0.197. The van der Waals surface area contributed by atoms with Crippen molar-refractivity contribution in [3.05, 3.63) is 118 Å². The van der Waals surface area contributed by atoms with Gasteiger partial charge in [-0.05, 0) is 85.1 Å². The van der Waals surface area contributed by atoms with E-state index in [1.807, 2.05) is 66.4 Å². The fourth-order valence-electron chi connectivity index (χ4n) is 6.07. The Balaban J connectivity index is 1.37. The van der Waals surface area contributed by atoms with E-state index in [-0.39, 0.29) is 21.5 Å². The van der Waals surface area contributed by atoms with E-state index in [1.54, 1.807) is 48.2 Å². The van der Waals surface area contributed by atoms with E-state index >= 15 is 0 Å². The molecule has 2 aliphatic heterocycles. The van der Waals surface area contributed by atoms with Crippen molar-refractivity contribution in [1.82, 2.24) is 9.78 Å². The molecule has 0 spiro atoms. The van der Waals surface area contributed by atoms with Crippen molar-refractivity contribution in [2.24, 2.45) is 4.99 Å². The number of ether oxygens (including phenoxy) is 1. The van der Waals surface area contributed by atoms with E-state index < -0.39 is 15.9 Å². The number of amides is 1. The number of halogens is 1. The van der Waals surface area contributed by atoms with E-state index in [0.717, 1.165) is 26.9 Å². The number of benzene rings is 4. The Hall–Kier alpha value is -4.74. The number of methoxy groups -OCH3 is 1. The third-order valence-electron chi connectivity index (χ3n) is 8.40. The highest BCUT2D eigenvalue weighted by Crippen LogP contribution is 2.49. The fraction of sp³-hybridized carbons (Fsp3) is 0.171. The Morgan fingerprint density at radius 3 is 2.28 bits per heavy atom. The number of hydrogen-bond donors (Lipinski definition) is 1. The van der Waals surface area contributed by atoms with Crippen molar-refractivity contribution in [1.29, 1.82) is 0 Å². The van der Waals surface area contributed by atoms with Crippen LogP contribution >= 0.6 is 15.9 Å². The predicted octanol–water partition coefficient (Wildman–Crippen LogP) is 7.50. The highest BCUT2D eigenvalue weighted by molar-refractivity contribution is 9.10. The van der Waals surface area contributed by atoms with Crippen LogP contribution in [0.3, 0.4) is 0 Å². The van der Waals surface area contributed by atoms with E-state index in [1.165, 1.54) is 0 Å². The molecule has 9 nitrogen and oxygen atoms in total. The van der Waals surface area contributed by atoms with Gasteiger partial charge < -0.3 is 15.0 Å². The zero-order valence-electron chi connectivity index (χ0n) is 25.5. The number of anilines is 2. The van der Waals surface area contributed by atoms with Crippen LogP contribution in [0.15, 0.2) is 110 Å². The topological polar surface area (TPSA) is 106 Å². The van der Waals surface area contributed by atoms with Gasteiger partial charge in [-0.1, -0.05) is 54.0 Å². The molecule has 0 saturated carbocycles. The number of carbonyl (C=O) groups is 1. The number of carbonyl (C=O) groups excluding carboxylic acids is 1. The number of aromatic nitrogens is 2. The molecule has 0 aliphatic carbocycles. The van der Waals surface area contributed by atoms with Crippen LogP contribution in [0.4, 0.5) is 17.2 Å². The number of hydrogen-bond acceptors (Lipinski definition) is 7. The molecular weight excluding hydrogens is 666 g/mol. The summed E-state index contributed by atoms with van der Waals surface area (Å²) >= 11 is 3.62. The molecular formula is C35H30BrN5O4S. The third kappa shape index (κ3) is 4.81. The number of fused-ring (bicyclic) bond motifs is 4. The second-order valence-electron chi connectivity index (χ2n) is 11.5. The minimum atomic E-state index is -3.74. The van der Waals surface area contributed by atoms with Gasteiger partial charge in [-0.2, -0.15) is 5.10 Å². The average molecular weight is 697 g/mol. The number of sulfone groups is 1. The van der Waals surface area contributed by atoms with Gasteiger partial charge in [0.05, 0.1) is 45.7 Å². The third-order valence-corrected chi connectivity index (χ3v) is 10.7. The molecule has 5 aromatic rings. The van der Waals surface area contributed by atoms with Crippen LogP contribution in [0.5, 0.6) is 5.75 Å². The minimum absolute atomic E-state index is 0.170. The Labute approximate surface area is 275 Å². The molecule has 1 N–H and O–H groups in total. The van der Waals surface area contributed by atoms with E-state index in [0.29, 0.717) is 34.6 Å². The summed E-state index contributed by atoms with van der Waals surface area (Å²) < 4.78 is 35.3. The van der Waals surface area contributed by atoms with E-state index in [2.05, 4.69) is 35.1 Å². The number of aliphatic imine (C=N–C) groups is 1. The van der Waals surface area contributed by atoms with Gasteiger partial charge in [0.2, 0.25) is 15.7 Å². The first-order valence-corrected chi connectivity index (χ1v) is 17.0. The van der Waals surface area contributed by atoms with Crippen LogP contribution in [0, 0.1) is 6.92 Å². The normalized spacial score (nSPS) is 15.5. The van der Waals surface area contributed by atoms with Crippen molar-refractivity contribution in [3.63, 3.8) is 0 Å². The van der Waals surface area contributed by atoms with Gasteiger partial charge in [0.15, 0.2) is 5.82 Å². The summed E-state index contributed by atoms with van der Waals surface area (Å²) in [5.74, 6) is 1.29. The lowest BCUT2D eigenvalue weighted by atomic mass is 9.92. The molecule has 1 aromatic heterocycles.